The molecule has 0 bridgehead atoms. The lowest BCUT2D eigenvalue weighted by atomic mass is 10.1. The molecule has 96 valence electrons. The van der Waals surface area contributed by atoms with Crippen molar-refractivity contribution in [3.63, 3.8) is 0 Å². The van der Waals surface area contributed by atoms with Crippen molar-refractivity contribution in [3.05, 3.63) is 36.0 Å². The van der Waals surface area contributed by atoms with Gasteiger partial charge in [-0.2, -0.15) is 0 Å². The lowest BCUT2D eigenvalue weighted by Crippen LogP contribution is -2.24. The van der Waals surface area contributed by atoms with Crippen LogP contribution in [0, 0.1) is 5.92 Å². The first kappa shape index (κ1) is 12.7. The molecule has 0 unspecified atom stereocenters. The number of para-hydroxylation sites is 1. The van der Waals surface area contributed by atoms with Gasteiger partial charge in [-0.25, -0.2) is 0 Å². The van der Waals surface area contributed by atoms with Crippen LogP contribution in [0.5, 0.6) is 0 Å². The highest BCUT2D eigenvalue weighted by Crippen LogP contribution is 2.14. The third-order valence-electron chi connectivity index (χ3n) is 3.02. The number of carbonyl (C=O) groups is 1. The number of aromatic amines is 1. The molecule has 2 rings (SSSR count). The van der Waals surface area contributed by atoms with Gasteiger partial charge >= 0.3 is 0 Å². The molecule has 3 heteroatoms. The van der Waals surface area contributed by atoms with E-state index < -0.39 is 0 Å². The van der Waals surface area contributed by atoms with Gasteiger partial charge in [0.2, 0.25) is 0 Å². The maximum atomic E-state index is 11.9. The summed E-state index contributed by atoms with van der Waals surface area (Å²) < 4.78 is 0. The smallest absolute Gasteiger partial charge is 0.267 e. The van der Waals surface area contributed by atoms with Crippen LogP contribution < -0.4 is 5.32 Å². The van der Waals surface area contributed by atoms with E-state index in [1.54, 1.807) is 0 Å². The van der Waals surface area contributed by atoms with Crippen molar-refractivity contribution < 1.29 is 4.79 Å². The van der Waals surface area contributed by atoms with Crippen molar-refractivity contribution in [3.8, 4) is 0 Å². The van der Waals surface area contributed by atoms with Crippen molar-refractivity contribution in [2.75, 3.05) is 6.54 Å². The molecule has 0 radical (unpaired) electrons. The number of carbonyl (C=O) groups excluding carboxylic acids is 1. The lowest BCUT2D eigenvalue weighted by molar-refractivity contribution is 0.0948. The van der Waals surface area contributed by atoms with Gasteiger partial charge in [-0.05, 0) is 30.9 Å². The fourth-order valence-electron chi connectivity index (χ4n) is 2.00. The molecule has 0 fully saturated rings. The summed E-state index contributed by atoms with van der Waals surface area (Å²) in [7, 11) is 0. The third kappa shape index (κ3) is 3.13. The van der Waals surface area contributed by atoms with E-state index in [1.807, 2.05) is 30.3 Å². The van der Waals surface area contributed by atoms with Crippen LogP contribution in [0.3, 0.4) is 0 Å². The molecular formula is C15H20N2O. The molecule has 0 aliphatic carbocycles. The van der Waals surface area contributed by atoms with E-state index in [2.05, 4.69) is 24.1 Å². The van der Waals surface area contributed by atoms with Gasteiger partial charge in [0, 0.05) is 17.4 Å². The Balaban J connectivity index is 1.92. The summed E-state index contributed by atoms with van der Waals surface area (Å²) in [6.45, 7) is 5.13. The van der Waals surface area contributed by atoms with Gasteiger partial charge in [0.1, 0.15) is 5.69 Å². The van der Waals surface area contributed by atoms with Crippen LogP contribution >= 0.6 is 0 Å². The van der Waals surface area contributed by atoms with E-state index in [-0.39, 0.29) is 5.91 Å². The summed E-state index contributed by atoms with van der Waals surface area (Å²) in [6, 6.07) is 9.81. The Morgan fingerprint density at radius 1 is 1.33 bits per heavy atom. The highest BCUT2D eigenvalue weighted by Gasteiger charge is 2.08. The van der Waals surface area contributed by atoms with Crippen LogP contribution in [-0.2, 0) is 0 Å². The van der Waals surface area contributed by atoms with Gasteiger partial charge in [-0.1, -0.05) is 32.0 Å². The maximum absolute atomic E-state index is 11.9. The molecule has 1 aromatic heterocycles. The fraction of sp³-hybridized carbons (Fsp3) is 0.400. The predicted molar refractivity (Wildman–Crippen MR) is 74.7 cm³/mol. The summed E-state index contributed by atoms with van der Waals surface area (Å²) in [5, 5.41) is 4.02. The van der Waals surface area contributed by atoms with E-state index in [9.17, 15) is 4.79 Å². The SMILES string of the molecule is CC(C)CCCNC(=O)c1cc2ccccc2[nH]1. The van der Waals surface area contributed by atoms with Crippen LogP contribution in [-0.4, -0.2) is 17.4 Å². The molecule has 0 saturated heterocycles. The number of aromatic nitrogens is 1. The molecule has 0 aliphatic rings. The van der Waals surface area contributed by atoms with Crippen molar-refractivity contribution >= 4 is 16.8 Å². The molecule has 0 atom stereocenters. The van der Waals surface area contributed by atoms with Gasteiger partial charge in [0.15, 0.2) is 0 Å². The van der Waals surface area contributed by atoms with Crippen molar-refractivity contribution in [2.24, 2.45) is 5.92 Å². The zero-order chi connectivity index (χ0) is 13.0. The molecule has 18 heavy (non-hydrogen) atoms. The first-order valence-electron chi connectivity index (χ1n) is 6.53. The number of hydrogen-bond donors (Lipinski definition) is 2. The second-order valence-electron chi connectivity index (χ2n) is 5.06. The molecule has 1 heterocycles. The largest absolute Gasteiger partial charge is 0.351 e. The Morgan fingerprint density at radius 2 is 2.11 bits per heavy atom. The number of amides is 1. The first-order valence-corrected chi connectivity index (χ1v) is 6.53. The summed E-state index contributed by atoms with van der Waals surface area (Å²) in [4.78, 5) is 15.0. The molecule has 0 spiro atoms. The van der Waals surface area contributed by atoms with Gasteiger partial charge in [-0.15, -0.1) is 0 Å². The molecule has 2 aromatic rings. The number of nitrogens with one attached hydrogen (secondary N) is 2. The highest BCUT2D eigenvalue weighted by atomic mass is 16.1. The summed E-state index contributed by atoms with van der Waals surface area (Å²) in [5.74, 6) is 0.671. The number of hydrogen-bond acceptors (Lipinski definition) is 1. The van der Waals surface area contributed by atoms with Crippen molar-refractivity contribution in [1.82, 2.24) is 10.3 Å². The first-order chi connectivity index (χ1) is 8.66. The monoisotopic (exact) mass is 244 g/mol. The second-order valence-corrected chi connectivity index (χ2v) is 5.06. The van der Waals surface area contributed by atoms with E-state index in [0.29, 0.717) is 11.6 Å². The van der Waals surface area contributed by atoms with Gasteiger partial charge in [0.25, 0.3) is 5.91 Å². The Kier molecular flexibility index (Phi) is 4.03. The molecule has 0 aliphatic heterocycles. The summed E-state index contributed by atoms with van der Waals surface area (Å²) >= 11 is 0. The molecule has 2 N–H and O–H groups in total. The van der Waals surface area contributed by atoms with Crippen molar-refractivity contribution in [1.29, 1.82) is 0 Å². The van der Waals surface area contributed by atoms with Crippen LogP contribution in [0.1, 0.15) is 37.2 Å². The number of rotatable bonds is 5. The standard InChI is InChI=1S/C15H20N2O/c1-11(2)6-5-9-16-15(18)14-10-12-7-3-4-8-13(12)17-14/h3-4,7-8,10-11,17H,5-6,9H2,1-2H3,(H,16,18). The van der Waals surface area contributed by atoms with Crippen LogP contribution in [0.2, 0.25) is 0 Å². The van der Waals surface area contributed by atoms with Crippen LogP contribution in [0.15, 0.2) is 30.3 Å². The van der Waals surface area contributed by atoms with E-state index in [4.69, 9.17) is 0 Å². The molecule has 1 amide bonds. The Labute approximate surface area is 108 Å². The minimum Gasteiger partial charge on any atom is -0.351 e. The zero-order valence-corrected chi connectivity index (χ0v) is 11.0. The summed E-state index contributed by atoms with van der Waals surface area (Å²) in [5.41, 5.74) is 1.64. The third-order valence-corrected chi connectivity index (χ3v) is 3.02. The van der Waals surface area contributed by atoms with Gasteiger partial charge < -0.3 is 10.3 Å². The minimum atomic E-state index is -0.0186. The number of H-pyrrole nitrogens is 1. The van der Waals surface area contributed by atoms with E-state index in [1.165, 1.54) is 0 Å². The zero-order valence-electron chi connectivity index (χ0n) is 11.0. The minimum absolute atomic E-state index is 0.0186. The molecule has 1 aromatic carbocycles. The second kappa shape index (κ2) is 5.71. The number of fused-ring (bicyclic) bond motifs is 1. The van der Waals surface area contributed by atoms with Gasteiger partial charge in [0.05, 0.1) is 0 Å². The van der Waals surface area contributed by atoms with E-state index >= 15 is 0 Å². The average molecular weight is 244 g/mol. The molecule has 0 saturated carbocycles. The normalized spacial score (nSPS) is 11.1. The Morgan fingerprint density at radius 3 is 2.83 bits per heavy atom. The van der Waals surface area contributed by atoms with Gasteiger partial charge in [-0.3, -0.25) is 4.79 Å². The lowest BCUT2D eigenvalue weighted by Gasteiger charge is -2.05. The summed E-state index contributed by atoms with van der Waals surface area (Å²) in [6.07, 6.45) is 2.18. The molecule has 3 nitrogen and oxygen atoms in total. The Hall–Kier alpha value is -1.77. The Bertz CT molecular complexity index is 495. The maximum Gasteiger partial charge on any atom is 0.267 e. The van der Waals surface area contributed by atoms with Crippen LogP contribution in [0.25, 0.3) is 10.9 Å². The van der Waals surface area contributed by atoms with Crippen molar-refractivity contribution in [2.45, 2.75) is 26.7 Å². The fourth-order valence-corrected chi connectivity index (χ4v) is 2.00. The average Bonchev–Trinajstić information content (AvgIpc) is 2.78. The van der Waals surface area contributed by atoms with Crippen LogP contribution in [0.4, 0.5) is 0 Å². The topological polar surface area (TPSA) is 44.9 Å². The quantitative estimate of drug-likeness (QED) is 0.778. The molecular weight excluding hydrogens is 224 g/mol. The number of benzene rings is 1. The highest BCUT2D eigenvalue weighted by molar-refractivity contribution is 5.97. The predicted octanol–water partition coefficient (Wildman–Crippen LogP) is 3.33. The van der Waals surface area contributed by atoms with E-state index in [0.717, 1.165) is 30.3 Å².